The molecule has 0 heterocycles. The fraction of sp³-hybridized carbons (Fsp3) is 0.200. The SMILES string of the molecule is CNc1ccc(Nc2cc(C)cc(C)c2)cc1. The average Bonchev–Trinajstić information content (AvgIpc) is 2.28. The summed E-state index contributed by atoms with van der Waals surface area (Å²) in [5, 5.41) is 6.52. The lowest BCUT2D eigenvalue weighted by molar-refractivity contribution is 1.37. The molecule has 2 heteroatoms. The van der Waals surface area contributed by atoms with E-state index in [1.54, 1.807) is 0 Å². The second-order valence-electron chi connectivity index (χ2n) is 4.33. The van der Waals surface area contributed by atoms with E-state index in [2.05, 4.69) is 66.9 Å². The molecule has 0 fully saturated rings. The van der Waals surface area contributed by atoms with Gasteiger partial charge < -0.3 is 10.6 Å². The molecule has 0 saturated carbocycles. The van der Waals surface area contributed by atoms with Gasteiger partial charge in [0.1, 0.15) is 0 Å². The van der Waals surface area contributed by atoms with Gasteiger partial charge in [0.25, 0.3) is 0 Å². The van der Waals surface area contributed by atoms with E-state index in [0.29, 0.717) is 0 Å². The van der Waals surface area contributed by atoms with Crippen molar-refractivity contribution in [1.82, 2.24) is 0 Å². The van der Waals surface area contributed by atoms with Crippen LogP contribution in [0.2, 0.25) is 0 Å². The summed E-state index contributed by atoms with van der Waals surface area (Å²) in [5.74, 6) is 0. The van der Waals surface area contributed by atoms with Crippen molar-refractivity contribution in [2.45, 2.75) is 13.8 Å². The molecule has 17 heavy (non-hydrogen) atoms. The van der Waals surface area contributed by atoms with E-state index in [0.717, 1.165) is 17.1 Å². The van der Waals surface area contributed by atoms with Gasteiger partial charge in [-0.2, -0.15) is 0 Å². The van der Waals surface area contributed by atoms with Gasteiger partial charge in [-0.25, -0.2) is 0 Å². The van der Waals surface area contributed by atoms with Crippen LogP contribution in [0.3, 0.4) is 0 Å². The van der Waals surface area contributed by atoms with E-state index in [-0.39, 0.29) is 0 Å². The molecule has 0 atom stereocenters. The molecular weight excluding hydrogens is 208 g/mol. The fourth-order valence-corrected chi connectivity index (χ4v) is 1.93. The number of rotatable bonds is 3. The maximum atomic E-state index is 3.41. The van der Waals surface area contributed by atoms with Crippen molar-refractivity contribution in [3.05, 3.63) is 53.6 Å². The molecule has 88 valence electrons. The molecule has 2 aromatic carbocycles. The topological polar surface area (TPSA) is 24.1 Å². The number of nitrogens with one attached hydrogen (secondary N) is 2. The first kappa shape index (κ1) is 11.5. The van der Waals surface area contributed by atoms with Crippen LogP contribution in [-0.4, -0.2) is 7.05 Å². The summed E-state index contributed by atoms with van der Waals surface area (Å²) in [4.78, 5) is 0. The van der Waals surface area contributed by atoms with Crippen LogP contribution in [0.15, 0.2) is 42.5 Å². The van der Waals surface area contributed by atoms with Crippen LogP contribution in [0.25, 0.3) is 0 Å². The van der Waals surface area contributed by atoms with Crippen molar-refractivity contribution in [2.24, 2.45) is 0 Å². The third-order valence-electron chi connectivity index (χ3n) is 2.68. The highest BCUT2D eigenvalue weighted by Gasteiger charge is 1.97. The van der Waals surface area contributed by atoms with Gasteiger partial charge in [-0.3, -0.25) is 0 Å². The fourth-order valence-electron chi connectivity index (χ4n) is 1.93. The molecule has 0 aliphatic rings. The molecule has 0 radical (unpaired) electrons. The Bertz CT molecular complexity index is 481. The zero-order chi connectivity index (χ0) is 12.3. The highest BCUT2D eigenvalue weighted by atomic mass is 14.9. The number of anilines is 3. The van der Waals surface area contributed by atoms with Gasteiger partial charge in [0, 0.05) is 24.1 Å². The van der Waals surface area contributed by atoms with Crippen LogP contribution >= 0.6 is 0 Å². The van der Waals surface area contributed by atoms with Crippen molar-refractivity contribution in [2.75, 3.05) is 17.7 Å². The largest absolute Gasteiger partial charge is 0.388 e. The molecule has 2 N–H and O–H groups in total. The molecule has 0 aliphatic heterocycles. The Morgan fingerprint density at radius 1 is 0.706 bits per heavy atom. The zero-order valence-corrected chi connectivity index (χ0v) is 10.5. The molecule has 0 aromatic heterocycles. The molecule has 0 bridgehead atoms. The monoisotopic (exact) mass is 226 g/mol. The van der Waals surface area contributed by atoms with Gasteiger partial charge >= 0.3 is 0 Å². The summed E-state index contributed by atoms with van der Waals surface area (Å²) in [6.45, 7) is 4.23. The molecule has 2 aromatic rings. The normalized spacial score (nSPS) is 10.1. The van der Waals surface area contributed by atoms with Crippen molar-refractivity contribution in [1.29, 1.82) is 0 Å². The molecular formula is C15H18N2. The lowest BCUT2D eigenvalue weighted by Crippen LogP contribution is -1.93. The molecule has 0 saturated heterocycles. The Morgan fingerprint density at radius 3 is 1.76 bits per heavy atom. The Balaban J connectivity index is 2.19. The van der Waals surface area contributed by atoms with E-state index in [9.17, 15) is 0 Å². The number of hydrogen-bond acceptors (Lipinski definition) is 2. The highest BCUT2D eigenvalue weighted by molar-refractivity contribution is 5.63. The predicted molar refractivity (Wildman–Crippen MR) is 75.2 cm³/mol. The standard InChI is InChI=1S/C15H18N2/c1-11-8-12(2)10-15(9-11)17-14-6-4-13(16-3)5-7-14/h4-10,16-17H,1-3H3. The minimum Gasteiger partial charge on any atom is -0.388 e. The lowest BCUT2D eigenvalue weighted by Gasteiger charge is -2.09. The number of hydrogen-bond donors (Lipinski definition) is 2. The first-order valence-electron chi connectivity index (χ1n) is 5.80. The number of aryl methyl sites for hydroxylation is 2. The smallest absolute Gasteiger partial charge is 0.0389 e. The highest BCUT2D eigenvalue weighted by Crippen LogP contribution is 2.20. The molecule has 2 nitrogen and oxygen atoms in total. The Morgan fingerprint density at radius 2 is 1.24 bits per heavy atom. The van der Waals surface area contributed by atoms with Crippen molar-refractivity contribution < 1.29 is 0 Å². The summed E-state index contributed by atoms with van der Waals surface area (Å²) >= 11 is 0. The Labute approximate surface area is 103 Å². The van der Waals surface area contributed by atoms with E-state index < -0.39 is 0 Å². The summed E-state index contributed by atoms with van der Waals surface area (Å²) in [5.41, 5.74) is 5.92. The van der Waals surface area contributed by atoms with E-state index in [1.165, 1.54) is 11.1 Å². The van der Waals surface area contributed by atoms with Crippen LogP contribution < -0.4 is 10.6 Å². The average molecular weight is 226 g/mol. The third-order valence-corrected chi connectivity index (χ3v) is 2.68. The minimum absolute atomic E-state index is 1.11. The van der Waals surface area contributed by atoms with Crippen LogP contribution in [0, 0.1) is 13.8 Å². The molecule has 0 amide bonds. The summed E-state index contributed by atoms with van der Waals surface area (Å²) in [6.07, 6.45) is 0. The van der Waals surface area contributed by atoms with Gasteiger partial charge in [-0.1, -0.05) is 6.07 Å². The van der Waals surface area contributed by atoms with Crippen LogP contribution in [0.5, 0.6) is 0 Å². The Hall–Kier alpha value is -1.96. The lowest BCUT2D eigenvalue weighted by atomic mass is 10.1. The van der Waals surface area contributed by atoms with Gasteiger partial charge in [-0.05, 0) is 61.4 Å². The summed E-state index contributed by atoms with van der Waals surface area (Å²) < 4.78 is 0. The zero-order valence-electron chi connectivity index (χ0n) is 10.5. The van der Waals surface area contributed by atoms with Crippen molar-refractivity contribution >= 4 is 17.1 Å². The van der Waals surface area contributed by atoms with Crippen LogP contribution in [0.4, 0.5) is 17.1 Å². The maximum Gasteiger partial charge on any atom is 0.0389 e. The predicted octanol–water partition coefficient (Wildman–Crippen LogP) is 4.09. The van der Waals surface area contributed by atoms with E-state index >= 15 is 0 Å². The summed E-state index contributed by atoms with van der Waals surface area (Å²) in [7, 11) is 1.92. The molecule has 0 spiro atoms. The van der Waals surface area contributed by atoms with Crippen LogP contribution in [-0.2, 0) is 0 Å². The van der Waals surface area contributed by atoms with Crippen molar-refractivity contribution in [3.63, 3.8) is 0 Å². The first-order chi connectivity index (χ1) is 8.17. The second kappa shape index (κ2) is 4.91. The van der Waals surface area contributed by atoms with Gasteiger partial charge in [0.15, 0.2) is 0 Å². The number of benzene rings is 2. The van der Waals surface area contributed by atoms with E-state index in [4.69, 9.17) is 0 Å². The summed E-state index contributed by atoms with van der Waals surface area (Å²) in [6, 6.07) is 14.7. The maximum absolute atomic E-state index is 3.41. The molecule has 0 unspecified atom stereocenters. The molecule has 0 aliphatic carbocycles. The minimum atomic E-state index is 1.11. The molecule has 2 rings (SSSR count). The van der Waals surface area contributed by atoms with Gasteiger partial charge in [-0.15, -0.1) is 0 Å². The second-order valence-corrected chi connectivity index (χ2v) is 4.33. The Kier molecular flexibility index (Phi) is 3.33. The van der Waals surface area contributed by atoms with Crippen LogP contribution in [0.1, 0.15) is 11.1 Å². The van der Waals surface area contributed by atoms with Crippen molar-refractivity contribution in [3.8, 4) is 0 Å². The third kappa shape index (κ3) is 3.00. The first-order valence-corrected chi connectivity index (χ1v) is 5.80. The van der Waals surface area contributed by atoms with Gasteiger partial charge in [0.05, 0.1) is 0 Å². The van der Waals surface area contributed by atoms with E-state index in [1.807, 2.05) is 7.05 Å². The quantitative estimate of drug-likeness (QED) is 0.823. The van der Waals surface area contributed by atoms with Gasteiger partial charge in [0.2, 0.25) is 0 Å².